The van der Waals surface area contributed by atoms with Crippen LogP contribution >= 0.6 is 12.4 Å². The first kappa shape index (κ1) is 30.4. The lowest BCUT2D eigenvalue weighted by atomic mass is 10.1. The van der Waals surface area contributed by atoms with E-state index in [1.807, 2.05) is 12.2 Å². The lowest BCUT2D eigenvalue weighted by molar-refractivity contribution is -0.878. The molecule has 26 heavy (non-hydrogen) atoms. The third kappa shape index (κ3) is 28.5. The first-order valence-electron chi connectivity index (χ1n) is 10.5. The second-order valence-corrected chi connectivity index (χ2v) is 9.07. The van der Waals surface area contributed by atoms with Crippen LogP contribution in [0.15, 0.2) is 25.3 Å². The predicted octanol–water partition coefficient (Wildman–Crippen LogP) is 6.47. The van der Waals surface area contributed by atoms with Crippen molar-refractivity contribution in [1.29, 1.82) is 0 Å². The Hall–Kier alpha value is -0.310. The molecule has 0 amide bonds. The SMILES string of the molecule is C=CC[N+](C)(C)CC=C.CCCCCCCCCCCC[N+](C)(C)C.Cl. The maximum Gasteiger partial charge on any atom is 0.0969 e. The predicted molar refractivity (Wildman–Crippen MR) is 124 cm³/mol. The molecule has 0 spiro atoms. The summed E-state index contributed by atoms with van der Waals surface area (Å²) in [4.78, 5) is 0. The van der Waals surface area contributed by atoms with Gasteiger partial charge in [-0.05, 0) is 25.0 Å². The summed E-state index contributed by atoms with van der Waals surface area (Å²) in [5.74, 6) is 0. The van der Waals surface area contributed by atoms with Crippen LogP contribution in [0.1, 0.15) is 71.1 Å². The number of hydrogen-bond donors (Lipinski definition) is 0. The molecule has 0 aromatic rings. The van der Waals surface area contributed by atoms with Gasteiger partial charge in [0, 0.05) is 0 Å². The highest BCUT2D eigenvalue weighted by atomic mass is 35.5. The van der Waals surface area contributed by atoms with E-state index < -0.39 is 0 Å². The average Bonchev–Trinajstić information content (AvgIpc) is 2.48. The Morgan fingerprint density at radius 1 is 0.615 bits per heavy atom. The third-order valence-corrected chi connectivity index (χ3v) is 4.43. The van der Waals surface area contributed by atoms with Crippen molar-refractivity contribution in [3.8, 4) is 0 Å². The summed E-state index contributed by atoms with van der Waals surface area (Å²) in [6, 6.07) is 0. The monoisotopic (exact) mass is 390 g/mol. The molecule has 3 heteroatoms. The maximum atomic E-state index is 3.68. The molecule has 0 atom stereocenters. The minimum atomic E-state index is 0. The zero-order valence-electron chi connectivity index (χ0n) is 19.1. The molecule has 0 saturated heterocycles. The van der Waals surface area contributed by atoms with Gasteiger partial charge in [-0.2, -0.15) is 0 Å². The molecule has 0 aromatic carbocycles. The van der Waals surface area contributed by atoms with Gasteiger partial charge in [-0.1, -0.05) is 71.4 Å². The normalized spacial score (nSPS) is 11.2. The van der Waals surface area contributed by atoms with Gasteiger partial charge in [-0.15, -0.1) is 12.4 Å². The highest BCUT2D eigenvalue weighted by molar-refractivity contribution is 5.85. The quantitative estimate of drug-likeness (QED) is 0.171. The highest BCUT2D eigenvalue weighted by Crippen LogP contribution is 2.11. The van der Waals surface area contributed by atoms with Gasteiger partial charge in [-0.3, -0.25) is 0 Å². The molecule has 0 rings (SSSR count). The number of quaternary nitrogens is 2. The molecule has 0 aliphatic carbocycles. The molecule has 0 fully saturated rings. The summed E-state index contributed by atoms with van der Waals surface area (Å²) >= 11 is 0. The smallest absolute Gasteiger partial charge is 0.0969 e. The summed E-state index contributed by atoms with van der Waals surface area (Å²) in [7, 11) is 11.2. The van der Waals surface area contributed by atoms with Gasteiger partial charge in [-0.25, -0.2) is 0 Å². The molecular formula is C23H51ClN2+2. The summed E-state index contributed by atoms with van der Waals surface area (Å²) < 4.78 is 2.07. The molecule has 0 aromatic heterocycles. The molecule has 0 aliphatic heterocycles. The summed E-state index contributed by atoms with van der Waals surface area (Å²) in [5, 5.41) is 0. The van der Waals surface area contributed by atoms with Crippen LogP contribution in [0, 0.1) is 0 Å². The van der Waals surface area contributed by atoms with E-state index in [0.717, 1.165) is 22.1 Å². The minimum absolute atomic E-state index is 0. The lowest BCUT2D eigenvalue weighted by Gasteiger charge is -2.26. The lowest BCUT2D eigenvalue weighted by Crippen LogP contribution is -2.39. The van der Waals surface area contributed by atoms with Crippen molar-refractivity contribution in [1.82, 2.24) is 0 Å². The maximum absolute atomic E-state index is 3.68. The fourth-order valence-electron chi connectivity index (χ4n) is 2.85. The Morgan fingerprint density at radius 3 is 1.27 bits per heavy atom. The standard InChI is InChI=1S/C15H34N.C8H16N.ClH/c1-5-6-7-8-9-10-11-12-13-14-15-16(2,3)4;1-5-7-9(3,4)8-6-2;/h5-15H2,1-4H3;5-6H,1-2,7-8H2,3-4H3;1H/q2*+1;. The Kier molecular flexibility index (Phi) is 22.8. The van der Waals surface area contributed by atoms with Gasteiger partial charge in [0.05, 0.1) is 54.9 Å². The second-order valence-electron chi connectivity index (χ2n) is 9.07. The molecule has 0 radical (unpaired) electrons. The van der Waals surface area contributed by atoms with Crippen molar-refractivity contribution < 1.29 is 8.97 Å². The van der Waals surface area contributed by atoms with Gasteiger partial charge in [0.1, 0.15) is 0 Å². The van der Waals surface area contributed by atoms with E-state index in [9.17, 15) is 0 Å². The number of likely N-dealkylation sites (N-methyl/N-ethyl adjacent to an activating group) is 1. The van der Waals surface area contributed by atoms with Crippen LogP contribution in [0.3, 0.4) is 0 Å². The van der Waals surface area contributed by atoms with E-state index in [1.165, 1.54) is 70.8 Å². The molecule has 2 nitrogen and oxygen atoms in total. The molecule has 0 bridgehead atoms. The van der Waals surface area contributed by atoms with E-state index in [4.69, 9.17) is 0 Å². The van der Waals surface area contributed by atoms with Crippen molar-refractivity contribution in [3.63, 3.8) is 0 Å². The van der Waals surface area contributed by atoms with Crippen molar-refractivity contribution >= 4 is 12.4 Å². The van der Waals surface area contributed by atoms with Gasteiger partial charge < -0.3 is 8.97 Å². The molecule has 0 aliphatic rings. The first-order chi connectivity index (χ1) is 11.7. The van der Waals surface area contributed by atoms with Crippen molar-refractivity contribution in [2.24, 2.45) is 0 Å². The summed E-state index contributed by atoms with van der Waals surface area (Å²) in [6.07, 6.45) is 18.3. The average molecular weight is 391 g/mol. The van der Waals surface area contributed by atoms with Gasteiger partial charge in [0.2, 0.25) is 0 Å². The Labute approximate surface area is 172 Å². The van der Waals surface area contributed by atoms with Crippen molar-refractivity contribution in [2.45, 2.75) is 71.1 Å². The summed E-state index contributed by atoms with van der Waals surface area (Å²) in [5.41, 5.74) is 0. The topological polar surface area (TPSA) is 0 Å². The number of rotatable bonds is 15. The first-order valence-corrected chi connectivity index (χ1v) is 10.5. The van der Waals surface area contributed by atoms with Crippen LogP contribution < -0.4 is 0 Å². The second kappa shape index (κ2) is 19.5. The van der Waals surface area contributed by atoms with Gasteiger partial charge in [0.25, 0.3) is 0 Å². The Bertz CT molecular complexity index is 294. The number of unbranched alkanes of at least 4 members (excludes halogenated alkanes) is 9. The fraction of sp³-hybridized carbons (Fsp3) is 0.826. The largest absolute Gasteiger partial charge is 0.331 e. The van der Waals surface area contributed by atoms with E-state index >= 15 is 0 Å². The number of halogens is 1. The van der Waals surface area contributed by atoms with Gasteiger partial charge in [0.15, 0.2) is 0 Å². The van der Waals surface area contributed by atoms with E-state index in [1.54, 1.807) is 0 Å². The zero-order valence-corrected chi connectivity index (χ0v) is 19.9. The highest BCUT2D eigenvalue weighted by Gasteiger charge is 2.07. The Morgan fingerprint density at radius 2 is 0.962 bits per heavy atom. The third-order valence-electron chi connectivity index (χ3n) is 4.43. The van der Waals surface area contributed by atoms with Crippen LogP contribution in [0.2, 0.25) is 0 Å². The molecular weight excluding hydrogens is 340 g/mol. The number of nitrogens with zero attached hydrogens (tertiary/aromatic N) is 2. The molecule has 0 N–H and O–H groups in total. The molecule has 0 saturated carbocycles. The molecule has 0 unspecified atom stereocenters. The van der Waals surface area contributed by atoms with Gasteiger partial charge >= 0.3 is 0 Å². The van der Waals surface area contributed by atoms with E-state index in [0.29, 0.717) is 0 Å². The van der Waals surface area contributed by atoms with Crippen LogP contribution in [0.4, 0.5) is 0 Å². The van der Waals surface area contributed by atoms with Crippen LogP contribution in [0.5, 0.6) is 0 Å². The van der Waals surface area contributed by atoms with Crippen LogP contribution in [0.25, 0.3) is 0 Å². The fourth-order valence-corrected chi connectivity index (χ4v) is 2.85. The van der Waals surface area contributed by atoms with Crippen molar-refractivity contribution in [3.05, 3.63) is 25.3 Å². The molecule has 0 heterocycles. The summed E-state index contributed by atoms with van der Waals surface area (Å²) in [6.45, 7) is 13.0. The van der Waals surface area contributed by atoms with E-state index in [2.05, 4.69) is 55.3 Å². The van der Waals surface area contributed by atoms with Crippen LogP contribution in [-0.4, -0.2) is 63.8 Å². The van der Waals surface area contributed by atoms with E-state index in [-0.39, 0.29) is 12.4 Å². The zero-order chi connectivity index (χ0) is 19.6. The minimum Gasteiger partial charge on any atom is -0.331 e. The Balaban J connectivity index is -0.000000453. The van der Waals surface area contributed by atoms with Crippen molar-refractivity contribution in [2.75, 3.05) is 54.9 Å². The molecule has 158 valence electrons. The number of hydrogen-bond acceptors (Lipinski definition) is 0. The van der Waals surface area contributed by atoms with Crippen LogP contribution in [-0.2, 0) is 0 Å².